The minimum Gasteiger partial charge on any atom is -0.300 e. The van der Waals surface area contributed by atoms with Gasteiger partial charge in [-0.05, 0) is 37.3 Å². The number of hydrogen-bond donors (Lipinski definition) is 0. The Balaban J connectivity index is 2.43. The van der Waals surface area contributed by atoms with Crippen molar-refractivity contribution in [2.24, 2.45) is 0 Å². The fourth-order valence-corrected chi connectivity index (χ4v) is 2.53. The van der Waals surface area contributed by atoms with Gasteiger partial charge in [0.1, 0.15) is 5.78 Å². The molecule has 0 N–H and O–H groups in total. The van der Waals surface area contributed by atoms with Gasteiger partial charge in [-0.15, -0.1) is 11.8 Å². The molecule has 1 nitrogen and oxygen atoms in total. The van der Waals surface area contributed by atoms with Crippen LogP contribution >= 0.6 is 35.0 Å². The van der Waals surface area contributed by atoms with Crippen LogP contribution in [-0.4, -0.2) is 11.5 Å². The largest absolute Gasteiger partial charge is 0.300 e. The predicted molar refractivity (Wildman–Crippen MR) is 67.1 cm³/mol. The van der Waals surface area contributed by atoms with Crippen molar-refractivity contribution in [2.45, 2.75) is 24.7 Å². The van der Waals surface area contributed by atoms with Crippen LogP contribution < -0.4 is 0 Å². The van der Waals surface area contributed by atoms with E-state index in [-0.39, 0.29) is 5.78 Å². The summed E-state index contributed by atoms with van der Waals surface area (Å²) in [7, 11) is 0. The van der Waals surface area contributed by atoms with Crippen LogP contribution in [0, 0.1) is 0 Å². The Hall–Kier alpha value is -0.180. The van der Waals surface area contributed by atoms with Crippen molar-refractivity contribution in [3.8, 4) is 0 Å². The highest BCUT2D eigenvalue weighted by atomic mass is 35.5. The smallest absolute Gasteiger partial charge is 0.129 e. The minimum atomic E-state index is 0.229. The number of halogens is 2. The van der Waals surface area contributed by atoms with E-state index in [9.17, 15) is 4.79 Å². The predicted octanol–water partition coefficient (Wildman–Crippen LogP) is 4.45. The molecule has 0 saturated carbocycles. The molecule has 0 fully saturated rings. The highest BCUT2D eigenvalue weighted by molar-refractivity contribution is 7.99. The Morgan fingerprint density at radius 3 is 2.80 bits per heavy atom. The number of thioether (sulfide) groups is 1. The van der Waals surface area contributed by atoms with Crippen molar-refractivity contribution >= 4 is 40.7 Å². The van der Waals surface area contributed by atoms with Crippen LogP contribution in [0.2, 0.25) is 10.0 Å². The van der Waals surface area contributed by atoms with E-state index in [0.29, 0.717) is 16.5 Å². The van der Waals surface area contributed by atoms with Crippen LogP contribution in [0.1, 0.15) is 19.8 Å². The zero-order chi connectivity index (χ0) is 11.3. The highest BCUT2D eigenvalue weighted by Crippen LogP contribution is 2.30. The van der Waals surface area contributed by atoms with Gasteiger partial charge in [-0.2, -0.15) is 0 Å². The Morgan fingerprint density at radius 1 is 1.40 bits per heavy atom. The molecule has 0 unspecified atom stereocenters. The molecule has 1 aromatic rings. The number of hydrogen-bond acceptors (Lipinski definition) is 2. The van der Waals surface area contributed by atoms with Gasteiger partial charge in [-0.3, -0.25) is 0 Å². The van der Waals surface area contributed by atoms with E-state index in [4.69, 9.17) is 23.2 Å². The number of rotatable bonds is 5. The lowest BCUT2D eigenvalue weighted by atomic mass is 10.3. The van der Waals surface area contributed by atoms with Crippen molar-refractivity contribution < 1.29 is 4.79 Å². The van der Waals surface area contributed by atoms with Crippen LogP contribution in [0.3, 0.4) is 0 Å². The van der Waals surface area contributed by atoms with Crippen LogP contribution in [-0.2, 0) is 4.79 Å². The zero-order valence-electron chi connectivity index (χ0n) is 8.43. The van der Waals surface area contributed by atoms with Gasteiger partial charge in [0, 0.05) is 16.3 Å². The van der Waals surface area contributed by atoms with Crippen LogP contribution in [0.5, 0.6) is 0 Å². The van der Waals surface area contributed by atoms with Crippen molar-refractivity contribution in [1.29, 1.82) is 0 Å². The topological polar surface area (TPSA) is 17.1 Å². The molecular weight excluding hydrogens is 251 g/mol. The van der Waals surface area contributed by atoms with Gasteiger partial charge >= 0.3 is 0 Å². The summed E-state index contributed by atoms with van der Waals surface area (Å²) >= 11 is 13.5. The maximum Gasteiger partial charge on any atom is 0.129 e. The van der Waals surface area contributed by atoms with Gasteiger partial charge < -0.3 is 4.79 Å². The van der Waals surface area contributed by atoms with Crippen LogP contribution in [0.15, 0.2) is 23.1 Å². The van der Waals surface area contributed by atoms with Crippen molar-refractivity contribution in [3.05, 3.63) is 28.2 Å². The van der Waals surface area contributed by atoms with Crippen LogP contribution in [0.4, 0.5) is 0 Å². The quantitative estimate of drug-likeness (QED) is 0.576. The van der Waals surface area contributed by atoms with Gasteiger partial charge in [-0.1, -0.05) is 23.2 Å². The lowest BCUT2D eigenvalue weighted by Crippen LogP contribution is -1.90. The van der Waals surface area contributed by atoms with E-state index in [0.717, 1.165) is 17.1 Å². The molecule has 0 amide bonds. The molecule has 82 valence electrons. The standard InChI is InChI=1S/C11H12Cl2OS/c1-8(14)3-2-6-15-11-7-9(12)4-5-10(11)13/h4-5,7H,2-3,6H2,1H3. The van der Waals surface area contributed by atoms with E-state index < -0.39 is 0 Å². The Bertz CT molecular complexity index is 352. The first-order valence-corrected chi connectivity index (χ1v) is 6.41. The number of benzene rings is 1. The molecule has 0 aromatic heterocycles. The maximum atomic E-state index is 10.7. The molecule has 0 heterocycles. The average molecular weight is 263 g/mol. The summed E-state index contributed by atoms with van der Waals surface area (Å²) in [6.07, 6.45) is 1.51. The summed E-state index contributed by atoms with van der Waals surface area (Å²) in [6.45, 7) is 1.61. The van der Waals surface area contributed by atoms with Gasteiger partial charge in [0.15, 0.2) is 0 Å². The second-order valence-corrected chi connectivity index (χ2v) is 5.21. The first-order chi connectivity index (χ1) is 7.09. The second-order valence-electron chi connectivity index (χ2n) is 3.23. The average Bonchev–Trinajstić information content (AvgIpc) is 2.17. The lowest BCUT2D eigenvalue weighted by molar-refractivity contribution is -0.117. The van der Waals surface area contributed by atoms with E-state index in [1.165, 1.54) is 0 Å². The normalized spacial score (nSPS) is 10.3. The molecule has 0 saturated heterocycles. The first kappa shape index (κ1) is 12.9. The molecule has 1 rings (SSSR count). The monoisotopic (exact) mass is 262 g/mol. The molecule has 4 heteroatoms. The van der Waals surface area contributed by atoms with Crippen molar-refractivity contribution in [1.82, 2.24) is 0 Å². The SMILES string of the molecule is CC(=O)CCCSc1cc(Cl)ccc1Cl. The Morgan fingerprint density at radius 2 is 2.13 bits per heavy atom. The van der Waals surface area contributed by atoms with E-state index in [2.05, 4.69) is 0 Å². The minimum absolute atomic E-state index is 0.229. The summed E-state index contributed by atoms with van der Waals surface area (Å²) in [5, 5.41) is 1.40. The molecule has 0 aliphatic heterocycles. The lowest BCUT2D eigenvalue weighted by Gasteiger charge is -2.03. The number of carbonyl (C=O) groups is 1. The third-order valence-corrected chi connectivity index (χ3v) is 3.64. The van der Waals surface area contributed by atoms with Crippen molar-refractivity contribution in [2.75, 3.05) is 5.75 Å². The molecule has 0 aliphatic rings. The molecule has 0 bridgehead atoms. The van der Waals surface area contributed by atoms with Crippen molar-refractivity contribution in [3.63, 3.8) is 0 Å². The van der Waals surface area contributed by atoms with Gasteiger partial charge in [-0.25, -0.2) is 0 Å². The van der Waals surface area contributed by atoms with Crippen LogP contribution in [0.25, 0.3) is 0 Å². The fourth-order valence-electron chi connectivity index (χ4n) is 1.09. The summed E-state index contributed by atoms with van der Waals surface area (Å²) in [6, 6.07) is 5.41. The molecule has 15 heavy (non-hydrogen) atoms. The fraction of sp³-hybridized carbons (Fsp3) is 0.364. The van der Waals surface area contributed by atoms with E-state index in [1.807, 2.05) is 6.07 Å². The molecular formula is C11H12Cl2OS. The molecule has 1 aromatic carbocycles. The Kier molecular flexibility index (Phi) is 5.51. The summed E-state index contributed by atoms with van der Waals surface area (Å²) in [4.78, 5) is 11.7. The van der Waals surface area contributed by atoms with E-state index in [1.54, 1.807) is 30.8 Å². The highest BCUT2D eigenvalue weighted by Gasteiger charge is 2.02. The number of Topliss-reactive ketones (excluding diaryl/α,β-unsaturated/α-hetero) is 1. The van der Waals surface area contributed by atoms with Gasteiger partial charge in [0.05, 0.1) is 5.02 Å². The molecule has 0 radical (unpaired) electrons. The summed E-state index contributed by atoms with van der Waals surface area (Å²) in [5.41, 5.74) is 0. The molecule has 0 atom stereocenters. The number of carbonyl (C=O) groups excluding carboxylic acids is 1. The molecule has 0 spiro atoms. The van der Waals surface area contributed by atoms with E-state index >= 15 is 0 Å². The van der Waals surface area contributed by atoms with Gasteiger partial charge in [0.25, 0.3) is 0 Å². The number of ketones is 1. The first-order valence-electron chi connectivity index (χ1n) is 4.67. The summed E-state index contributed by atoms with van der Waals surface area (Å²) < 4.78 is 0. The third-order valence-electron chi connectivity index (χ3n) is 1.82. The summed E-state index contributed by atoms with van der Waals surface area (Å²) in [5.74, 6) is 1.12. The zero-order valence-corrected chi connectivity index (χ0v) is 10.8. The molecule has 0 aliphatic carbocycles. The third kappa shape index (κ3) is 4.92. The second kappa shape index (κ2) is 6.41. The maximum absolute atomic E-state index is 10.7. The van der Waals surface area contributed by atoms with Gasteiger partial charge in [0.2, 0.25) is 0 Å². The Labute approximate surface area is 104 Å².